The number of rotatable bonds is 4. The van der Waals surface area contributed by atoms with Gasteiger partial charge in [0.15, 0.2) is 0 Å². The Balaban J connectivity index is 2.22. The fourth-order valence-corrected chi connectivity index (χ4v) is 3.03. The molecule has 0 radical (unpaired) electrons. The van der Waals surface area contributed by atoms with E-state index in [0.717, 1.165) is 13.1 Å². The molecule has 100 valence electrons. The highest BCUT2D eigenvalue weighted by molar-refractivity contribution is 5.30. The van der Waals surface area contributed by atoms with E-state index in [2.05, 4.69) is 49.2 Å². The molecule has 1 aliphatic heterocycles. The molecule has 1 saturated heterocycles. The summed E-state index contributed by atoms with van der Waals surface area (Å²) in [6.45, 7) is 11.3. The van der Waals surface area contributed by atoms with Gasteiger partial charge in [0.1, 0.15) is 0 Å². The summed E-state index contributed by atoms with van der Waals surface area (Å²) in [6, 6.07) is 7.62. The molecule has 18 heavy (non-hydrogen) atoms. The van der Waals surface area contributed by atoms with Crippen LogP contribution in [0.4, 0.5) is 0 Å². The summed E-state index contributed by atoms with van der Waals surface area (Å²) in [4.78, 5) is 2.65. The first-order chi connectivity index (χ1) is 8.70. The van der Waals surface area contributed by atoms with Crippen molar-refractivity contribution in [2.24, 2.45) is 0 Å². The van der Waals surface area contributed by atoms with Gasteiger partial charge in [0.05, 0.1) is 0 Å². The Morgan fingerprint density at radius 2 is 1.72 bits per heavy atom. The van der Waals surface area contributed by atoms with Crippen LogP contribution in [0.1, 0.15) is 42.5 Å². The molecule has 1 fully saturated rings. The van der Waals surface area contributed by atoms with Crippen molar-refractivity contribution in [1.29, 1.82) is 0 Å². The molecule has 2 nitrogen and oxygen atoms in total. The lowest BCUT2D eigenvalue weighted by Gasteiger charge is -2.35. The molecule has 1 aromatic carbocycles. The van der Waals surface area contributed by atoms with Crippen molar-refractivity contribution in [3.63, 3.8) is 0 Å². The quantitative estimate of drug-likeness (QED) is 0.878. The minimum absolute atomic E-state index is 0.607. The average Bonchev–Trinajstić information content (AvgIpc) is 2.36. The minimum atomic E-state index is 0.607. The molecule has 1 aliphatic rings. The van der Waals surface area contributed by atoms with Crippen LogP contribution in [-0.4, -0.2) is 31.1 Å². The van der Waals surface area contributed by atoms with Crippen LogP contribution in [0.15, 0.2) is 18.2 Å². The van der Waals surface area contributed by atoms with Crippen molar-refractivity contribution in [3.05, 3.63) is 34.9 Å². The minimum Gasteiger partial charge on any atom is -0.314 e. The van der Waals surface area contributed by atoms with Crippen molar-refractivity contribution >= 4 is 0 Å². The third kappa shape index (κ3) is 3.33. The zero-order valence-electron chi connectivity index (χ0n) is 12.0. The topological polar surface area (TPSA) is 15.3 Å². The zero-order chi connectivity index (χ0) is 13.0. The van der Waals surface area contributed by atoms with E-state index >= 15 is 0 Å². The van der Waals surface area contributed by atoms with Gasteiger partial charge in [-0.15, -0.1) is 0 Å². The molecule has 0 bridgehead atoms. The van der Waals surface area contributed by atoms with Crippen LogP contribution >= 0.6 is 0 Å². The number of nitrogens with zero attached hydrogens (tertiary/aromatic N) is 1. The fraction of sp³-hybridized carbons (Fsp3) is 0.625. The third-order valence-corrected chi connectivity index (χ3v) is 3.78. The number of nitrogens with one attached hydrogen (secondary N) is 1. The second kappa shape index (κ2) is 6.35. The Morgan fingerprint density at radius 3 is 2.28 bits per heavy atom. The summed E-state index contributed by atoms with van der Waals surface area (Å²) in [5, 5.41) is 3.44. The average molecular weight is 246 g/mol. The first-order valence-corrected chi connectivity index (χ1v) is 7.23. The summed E-state index contributed by atoms with van der Waals surface area (Å²) >= 11 is 0. The van der Waals surface area contributed by atoms with E-state index in [-0.39, 0.29) is 0 Å². The van der Waals surface area contributed by atoms with E-state index in [1.165, 1.54) is 42.6 Å². The molecule has 0 unspecified atom stereocenters. The molecule has 2 rings (SSSR count). The number of benzene rings is 1. The van der Waals surface area contributed by atoms with Crippen molar-refractivity contribution < 1.29 is 0 Å². The van der Waals surface area contributed by atoms with Crippen molar-refractivity contribution in [2.75, 3.05) is 26.2 Å². The maximum absolute atomic E-state index is 3.44. The van der Waals surface area contributed by atoms with Gasteiger partial charge in [-0.05, 0) is 25.8 Å². The molecule has 0 aliphatic carbocycles. The SMILES string of the molecule is CCC[C@H](c1cc(C)cc(C)c1)N1CCNCC1. The standard InChI is InChI=1S/C16H26N2/c1-4-5-16(18-8-6-17-7-9-18)15-11-13(2)10-14(3)12-15/h10-12,16-17H,4-9H2,1-3H3/t16-/m1/s1. The van der Waals surface area contributed by atoms with Crippen LogP contribution < -0.4 is 5.32 Å². The monoisotopic (exact) mass is 246 g/mol. The second-order valence-corrected chi connectivity index (χ2v) is 5.51. The highest BCUT2D eigenvalue weighted by atomic mass is 15.2. The molecule has 2 heteroatoms. The van der Waals surface area contributed by atoms with Crippen molar-refractivity contribution in [3.8, 4) is 0 Å². The van der Waals surface area contributed by atoms with Gasteiger partial charge in [-0.3, -0.25) is 4.90 Å². The number of aryl methyl sites for hydroxylation is 2. The maximum atomic E-state index is 3.44. The van der Waals surface area contributed by atoms with Gasteiger partial charge in [0, 0.05) is 32.2 Å². The summed E-state index contributed by atoms with van der Waals surface area (Å²) in [5.74, 6) is 0. The Bertz CT molecular complexity index is 360. The van der Waals surface area contributed by atoms with Gasteiger partial charge < -0.3 is 5.32 Å². The molecule has 1 aromatic rings. The Labute approximate surface area is 111 Å². The number of hydrogen-bond acceptors (Lipinski definition) is 2. The predicted molar refractivity (Wildman–Crippen MR) is 78.0 cm³/mol. The molecule has 0 saturated carbocycles. The molecular formula is C16H26N2. The smallest absolute Gasteiger partial charge is 0.0349 e. The lowest BCUT2D eigenvalue weighted by molar-refractivity contribution is 0.164. The van der Waals surface area contributed by atoms with Crippen LogP contribution in [0.25, 0.3) is 0 Å². The van der Waals surface area contributed by atoms with E-state index < -0.39 is 0 Å². The van der Waals surface area contributed by atoms with E-state index in [1.807, 2.05) is 0 Å². The van der Waals surface area contributed by atoms with Gasteiger partial charge in [-0.2, -0.15) is 0 Å². The van der Waals surface area contributed by atoms with Crippen LogP contribution in [0, 0.1) is 13.8 Å². The van der Waals surface area contributed by atoms with Crippen LogP contribution in [0.5, 0.6) is 0 Å². The lowest BCUT2D eigenvalue weighted by atomic mass is 9.96. The highest BCUT2D eigenvalue weighted by Gasteiger charge is 2.21. The normalized spacial score (nSPS) is 18.8. The molecular weight excluding hydrogens is 220 g/mol. The van der Waals surface area contributed by atoms with Gasteiger partial charge in [0.2, 0.25) is 0 Å². The molecule has 0 amide bonds. The lowest BCUT2D eigenvalue weighted by Crippen LogP contribution is -2.45. The van der Waals surface area contributed by atoms with Gasteiger partial charge in [-0.1, -0.05) is 42.7 Å². The summed E-state index contributed by atoms with van der Waals surface area (Å²) in [6.07, 6.45) is 2.52. The summed E-state index contributed by atoms with van der Waals surface area (Å²) < 4.78 is 0. The zero-order valence-corrected chi connectivity index (χ0v) is 12.0. The maximum Gasteiger partial charge on any atom is 0.0349 e. The molecule has 1 N–H and O–H groups in total. The molecule has 0 aromatic heterocycles. The first kappa shape index (κ1) is 13.6. The van der Waals surface area contributed by atoms with E-state index in [1.54, 1.807) is 0 Å². The van der Waals surface area contributed by atoms with Crippen molar-refractivity contribution in [2.45, 2.75) is 39.7 Å². The van der Waals surface area contributed by atoms with Crippen LogP contribution in [0.2, 0.25) is 0 Å². The molecule has 1 atom stereocenters. The van der Waals surface area contributed by atoms with E-state index in [0.29, 0.717) is 6.04 Å². The highest BCUT2D eigenvalue weighted by Crippen LogP contribution is 2.27. The summed E-state index contributed by atoms with van der Waals surface area (Å²) in [5.41, 5.74) is 4.29. The predicted octanol–water partition coefficient (Wildman–Crippen LogP) is 3.05. The van der Waals surface area contributed by atoms with Crippen LogP contribution in [0.3, 0.4) is 0 Å². The summed E-state index contributed by atoms with van der Waals surface area (Å²) in [7, 11) is 0. The Kier molecular flexibility index (Phi) is 4.79. The van der Waals surface area contributed by atoms with E-state index in [4.69, 9.17) is 0 Å². The first-order valence-electron chi connectivity index (χ1n) is 7.23. The van der Waals surface area contributed by atoms with E-state index in [9.17, 15) is 0 Å². The van der Waals surface area contributed by atoms with Crippen LogP contribution in [-0.2, 0) is 0 Å². The molecule has 0 spiro atoms. The molecule has 1 heterocycles. The third-order valence-electron chi connectivity index (χ3n) is 3.78. The Morgan fingerprint density at radius 1 is 1.11 bits per heavy atom. The largest absolute Gasteiger partial charge is 0.314 e. The second-order valence-electron chi connectivity index (χ2n) is 5.51. The fourth-order valence-electron chi connectivity index (χ4n) is 3.03. The number of piperazine rings is 1. The van der Waals surface area contributed by atoms with Gasteiger partial charge in [0.25, 0.3) is 0 Å². The number of hydrogen-bond donors (Lipinski definition) is 1. The Hall–Kier alpha value is -0.860. The van der Waals surface area contributed by atoms with Crippen molar-refractivity contribution in [1.82, 2.24) is 10.2 Å². The van der Waals surface area contributed by atoms with Gasteiger partial charge in [-0.25, -0.2) is 0 Å². The van der Waals surface area contributed by atoms with Gasteiger partial charge >= 0.3 is 0 Å².